The van der Waals surface area contributed by atoms with E-state index in [4.69, 9.17) is 0 Å². The van der Waals surface area contributed by atoms with Crippen LogP contribution < -0.4 is 10.6 Å². The van der Waals surface area contributed by atoms with Gasteiger partial charge in [0.25, 0.3) is 5.91 Å². The zero-order chi connectivity index (χ0) is 18.2. The second-order valence-corrected chi connectivity index (χ2v) is 7.40. The summed E-state index contributed by atoms with van der Waals surface area (Å²) in [5, 5.41) is 7.69. The van der Waals surface area contributed by atoms with Gasteiger partial charge in [0.2, 0.25) is 5.91 Å². The minimum absolute atomic E-state index is 0.0309. The number of likely N-dealkylation sites (tertiary alicyclic amines) is 1. The minimum Gasteiger partial charge on any atom is -0.354 e. The number of amides is 2. The summed E-state index contributed by atoms with van der Waals surface area (Å²) < 4.78 is 0. The zero-order valence-electron chi connectivity index (χ0n) is 14.8. The smallest absolute Gasteiger partial charge is 0.261 e. The maximum absolute atomic E-state index is 12.2. The molecule has 0 spiro atoms. The van der Waals surface area contributed by atoms with Crippen molar-refractivity contribution < 1.29 is 9.59 Å². The molecule has 5 nitrogen and oxygen atoms in total. The largest absolute Gasteiger partial charge is 0.354 e. The molecule has 2 amide bonds. The summed E-state index contributed by atoms with van der Waals surface area (Å²) in [6, 6.07) is 14.2. The lowest BCUT2D eigenvalue weighted by atomic mass is 10.1. The molecule has 1 fully saturated rings. The molecule has 0 aliphatic carbocycles. The normalized spacial score (nSPS) is 15.5. The number of nitrogens with zero attached hydrogens (tertiary/aromatic N) is 1. The summed E-state index contributed by atoms with van der Waals surface area (Å²) in [5.41, 5.74) is 1.24. The van der Waals surface area contributed by atoms with Crippen LogP contribution in [0.1, 0.15) is 40.5 Å². The Morgan fingerprint density at radius 3 is 2.50 bits per heavy atom. The van der Waals surface area contributed by atoms with Crippen LogP contribution >= 0.6 is 11.3 Å². The van der Waals surface area contributed by atoms with Crippen LogP contribution in [0, 0.1) is 0 Å². The van der Waals surface area contributed by atoms with E-state index in [0.29, 0.717) is 24.4 Å². The Balaban J connectivity index is 1.46. The molecule has 0 bridgehead atoms. The van der Waals surface area contributed by atoms with Crippen LogP contribution in [-0.4, -0.2) is 42.9 Å². The topological polar surface area (TPSA) is 61.4 Å². The molecule has 138 valence electrons. The van der Waals surface area contributed by atoms with Gasteiger partial charge in [0, 0.05) is 19.5 Å². The van der Waals surface area contributed by atoms with Gasteiger partial charge in [-0.25, -0.2) is 0 Å². The first-order valence-electron chi connectivity index (χ1n) is 9.11. The molecule has 2 aromatic rings. The SMILES string of the molecule is O=C(CCNC(=O)c1cccs1)NCC(c1ccccc1)N1CCCC1. The molecular formula is C20H25N3O2S. The predicted molar refractivity (Wildman–Crippen MR) is 104 cm³/mol. The molecule has 1 atom stereocenters. The lowest BCUT2D eigenvalue weighted by Gasteiger charge is -2.28. The van der Waals surface area contributed by atoms with Gasteiger partial charge in [0.1, 0.15) is 0 Å². The first-order valence-corrected chi connectivity index (χ1v) is 9.99. The monoisotopic (exact) mass is 371 g/mol. The van der Waals surface area contributed by atoms with Crippen molar-refractivity contribution in [1.82, 2.24) is 15.5 Å². The van der Waals surface area contributed by atoms with E-state index in [1.54, 1.807) is 6.07 Å². The molecular weight excluding hydrogens is 346 g/mol. The maximum atomic E-state index is 12.2. The molecule has 1 aromatic heterocycles. The Bertz CT molecular complexity index is 697. The molecule has 2 N–H and O–H groups in total. The van der Waals surface area contributed by atoms with Gasteiger partial charge in [-0.15, -0.1) is 11.3 Å². The van der Waals surface area contributed by atoms with Crippen molar-refractivity contribution in [3.8, 4) is 0 Å². The van der Waals surface area contributed by atoms with E-state index in [1.165, 1.54) is 29.7 Å². The van der Waals surface area contributed by atoms with Crippen LogP contribution in [-0.2, 0) is 4.79 Å². The van der Waals surface area contributed by atoms with Crippen molar-refractivity contribution in [1.29, 1.82) is 0 Å². The summed E-state index contributed by atoms with van der Waals surface area (Å²) in [7, 11) is 0. The first kappa shape index (κ1) is 18.6. The summed E-state index contributed by atoms with van der Waals surface area (Å²) in [5.74, 6) is -0.149. The molecule has 1 aromatic carbocycles. The average molecular weight is 372 g/mol. The molecule has 1 saturated heterocycles. The molecule has 2 heterocycles. The molecule has 1 aliphatic heterocycles. The van der Waals surface area contributed by atoms with Crippen molar-refractivity contribution in [2.75, 3.05) is 26.2 Å². The van der Waals surface area contributed by atoms with Crippen LogP contribution in [0.5, 0.6) is 0 Å². The van der Waals surface area contributed by atoms with Gasteiger partial charge in [-0.1, -0.05) is 36.4 Å². The maximum Gasteiger partial charge on any atom is 0.261 e. The predicted octanol–water partition coefficient (Wildman–Crippen LogP) is 2.82. The van der Waals surface area contributed by atoms with Crippen LogP contribution in [0.3, 0.4) is 0 Å². The van der Waals surface area contributed by atoms with Gasteiger partial charge in [-0.3, -0.25) is 14.5 Å². The second kappa shape index (κ2) is 9.50. The third-order valence-electron chi connectivity index (χ3n) is 4.64. The second-order valence-electron chi connectivity index (χ2n) is 6.46. The molecule has 0 radical (unpaired) electrons. The van der Waals surface area contributed by atoms with Gasteiger partial charge in [-0.05, 0) is 42.9 Å². The Morgan fingerprint density at radius 2 is 1.81 bits per heavy atom. The summed E-state index contributed by atoms with van der Waals surface area (Å²) >= 11 is 1.40. The van der Waals surface area contributed by atoms with E-state index in [2.05, 4.69) is 27.7 Å². The third kappa shape index (κ3) is 5.16. The summed E-state index contributed by atoms with van der Waals surface area (Å²) in [6.45, 7) is 3.10. The van der Waals surface area contributed by atoms with E-state index < -0.39 is 0 Å². The molecule has 1 unspecified atom stereocenters. The van der Waals surface area contributed by atoms with Gasteiger partial charge >= 0.3 is 0 Å². The fourth-order valence-electron chi connectivity index (χ4n) is 3.27. The quantitative estimate of drug-likeness (QED) is 0.750. The van der Waals surface area contributed by atoms with E-state index in [1.807, 2.05) is 29.6 Å². The lowest BCUT2D eigenvalue weighted by Crippen LogP contribution is -2.38. The number of benzene rings is 1. The number of hydrogen-bond acceptors (Lipinski definition) is 4. The van der Waals surface area contributed by atoms with Crippen LogP contribution in [0.25, 0.3) is 0 Å². The minimum atomic E-state index is -0.118. The number of rotatable bonds is 8. The van der Waals surface area contributed by atoms with Gasteiger partial charge in [0.15, 0.2) is 0 Å². The average Bonchev–Trinajstić information content (AvgIpc) is 3.37. The Hall–Kier alpha value is -2.18. The highest BCUT2D eigenvalue weighted by Crippen LogP contribution is 2.24. The van der Waals surface area contributed by atoms with E-state index in [9.17, 15) is 9.59 Å². The Kier molecular flexibility index (Phi) is 6.80. The molecule has 26 heavy (non-hydrogen) atoms. The molecule has 1 aliphatic rings. The van der Waals surface area contributed by atoms with Crippen LogP contribution in [0.4, 0.5) is 0 Å². The van der Waals surface area contributed by atoms with Crippen LogP contribution in [0.15, 0.2) is 47.8 Å². The van der Waals surface area contributed by atoms with Crippen molar-refractivity contribution in [3.05, 3.63) is 58.3 Å². The third-order valence-corrected chi connectivity index (χ3v) is 5.51. The molecule has 3 rings (SSSR count). The fourth-order valence-corrected chi connectivity index (χ4v) is 3.91. The van der Waals surface area contributed by atoms with Crippen molar-refractivity contribution in [2.24, 2.45) is 0 Å². The number of carbonyl (C=O) groups is 2. The van der Waals surface area contributed by atoms with Crippen molar-refractivity contribution in [3.63, 3.8) is 0 Å². The number of hydrogen-bond donors (Lipinski definition) is 2. The lowest BCUT2D eigenvalue weighted by molar-refractivity contribution is -0.121. The highest BCUT2D eigenvalue weighted by atomic mass is 32.1. The standard InChI is InChI=1S/C20H25N3O2S/c24-19(10-11-21-20(25)18-9-6-14-26-18)22-15-17(23-12-4-5-13-23)16-7-2-1-3-8-16/h1-3,6-9,14,17H,4-5,10-13,15H2,(H,21,25)(H,22,24). The molecule has 0 saturated carbocycles. The zero-order valence-corrected chi connectivity index (χ0v) is 15.6. The van der Waals surface area contributed by atoms with E-state index in [-0.39, 0.29) is 17.9 Å². The van der Waals surface area contributed by atoms with E-state index >= 15 is 0 Å². The van der Waals surface area contributed by atoms with E-state index in [0.717, 1.165) is 13.1 Å². The van der Waals surface area contributed by atoms with Crippen LogP contribution in [0.2, 0.25) is 0 Å². The first-order chi connectivity index (χ1) is 12.7. The molecule has 6 heteroatoms. The van der Waals surface area contributed by atoms with Crippen molar-refractivity contribution in [2.45, 2.75) is 25.3 Å². The Morgan fingerprint density at radius 1 is 1.04 bits per heavy atom. The van der Waals surface area contributed by atoms with Crippen molar-refractivity contribution >= 4 is 23.2 Å². The highest BCUT2D eigenvalue weighted by Gasteiger charge is 2.23. The highest BCUT2D eigenvalue weighted by molar-refractivity contribution is 7.12. The fraction of sp³-hybridized carbons (Fsp3) is 0.400. The summed E-state index contributed by atoms with van der Waals surface area (Å²) in [6.07, 6.45) is 2.72. The summed E-state index contributed by atoms with van der Waals surface area (Å²) in [4.78, 5) is 27.2. The number of nitrogens with one attached hydrogen (secondary N) is 2. The number of carbonyl (C=O) groups excluding carboxylic acids is 2. The van der Waals surface area contributed by atoms with Gasteiger partial charge < -0.3 is 10.6 Å². The van der Waals surface area contributed by atoms with Gasteiger partial charge in [-0.2, -0.15) is 0 Å². The Labute approximate surface area is 158 Å². The van der Waals surface area contributed by atoms with Gasteiger partial charge in [0.05, 0.1) is 10.9 Å². The number of thiophene rings is 1.